The second-order valence-corrected chi connectivity index (χ2v) is 8.85. The maximum Gasteiger partial charge on any atom is 0.0925 e. The Labute approximate surface area is 129 Å². The van der Waals surface area contributed by atoms with Gasteiger partial charge in [0, 0.05) is 6.42 Å². The Balaban J connectivity index is 1.72. The van der Waals surface area contributed by atoms with Gasteiger partial charge in [0.15, 0.2) is 0 Å². The lowest BCUT2D eigenvalue weighted by Crippen LogP contribution is -2.48. The molecule has 0 bridgehead atoms. The third kappa shape index (κ3) is 1.75. The summed E-state index contributed by atoms with van der Waals surface area (Å²) in [7, 11) is 0. The van der Waals surface area contributed by atoms with Gasteiger partial charge in [0.25, 0.3) is 0 Å². The third-order valence-electron chi connectivity index (χ3n) is 8.22. The number of rotatable bonds is 0. The van der Waals surface area contributed by atoms with Crippen LogP contribution in [-0.4, -0.2) is 5.11 Å². The molecule has 1 N–H and O–H groups in total. The van der Waals surface area contributed by atoms with Gasteiger partial charge in [-0.2, -0.15) is 0 Å². The van der Waals surface area contributed by atoms with Gasteiger partial charge in [-0.1, -0.05) is 26.8 Å². The number of fused-ring (bicyclic) bond motifs is 5. The SMILES string of the molecule is C[C@H]1CCC2C3CC=C4C=C(O)CC[C@]4(C)C3CC[C@@]21C. The molecular formula is C20H30O. The molecule has 6 atom stereocenters. The molecule has 4 rings (SSSR count). The summed E-state index contributed by atoms with van der Waals surface area (Å²) in [6.45, 7) is 7.56. The zero-order valence-electron chi connectivity index (χ0n) is 13.9. The van der Waals surface area contributed by atoms with E-state index in [0.717, 1.165) is 36.5 Å². The first-order chi connectivity index (χ1) is 9.95. The largest absolute Gasteiger partial charge is 0.512 e. The smallest absolute Gasteiger partial charge is 0.0925 e. The lowest BCUT2D eigenvalue weighted by atomic mass is 9.48. The summed E-state index contributed by atoms with van der Waals surface area (Å²) < 4.78 is 0. The van der Waals surface area contributed by atoms with Crippen molar-refractivity contribution >= 4 is 0 Å². The van der Waals surface area contributed by atoms with Gasteiger partial charge < -0.3 is 5.11 Å². The molecule has 0 aromatic carbocycles. The van der Waals surface area contributed by atoms with Gasteiger partial charge in [-0.05, 0) is 84.7 Å². The first-order valence-electron chi connectivity index (χ1n) is 9.05. The topological polar surface area (TPSA) is 20.2 Å². The number of aliphatic hydroxyl groups is 1. The van der Waals surface area contributed by atoms with E-state index in [1.807, 2.05) is 0 Å². The molecule has 0 spiro atoms. The standard InChI is InChI=1S/C20H30O/c1-13-4-7-17-16-6-5-14-12-15(21)8-10-20(14,3)18(16)9-11-19(13,17)2/h5,12-13,16-18,21H,4,6-11H2,1-3H3/t13-,16?,17?,18?,19+,20-/m0/s1. The Kier molecular flexibility index (Phi) is 2.91. The summed E-state index contributed by atoms with van der Waals surface area (Å²) in [5.74, 6) is 4.21. The van der Waals surface area contributed by atoms with Crippen LogP contribution in [0.3, 0.4) is 0 Å². The monoisotopic (exact) mass is 286 g/mol. The van der Waals surface area contributed by atoms with Crippen LogP contribution in [0.2, 0.25) is 0 Å². The van der Waals surface area contributed by atoms with Crippen molar-refractivity contribution in [2.75, 3.05) is 0 Å². The summed E-state index contributed by atoms with van der Waals surface area (Å²) in [4.78, 5) is 0. The van der Waals surface area contributed by atoms with E-state index in [1.165, 1.54) is 37.7 Å². The van der Waals surface area contributed by atoms with Gasteiger partial charge in [0.05, 0.1) is 5.76 Å². The predicted octanol–water partition coefficient (Wildman–Crippen LogP) is 5.64. The van der Waals surface area contributed by atoms with Crippen LogP contribution in [0.4, 0.5) is 0 Å². The van der Waals surface area contributed by atoms with E-state index in [2.05, 4.69) is 32.9 Å². The Bertz CT molecular complexity index is 516. The first-order valence-corrected chi connectivity index (χ1v) is 9.05. The summed E-state index contributed by atoms with van der Waals surface area (Å²) >= 11 is 0. The van der Waals surface area contributed by atoms with Crippen molar-refractivity contribution in [1.29, 1.82) is 0 Å². The van der Waals surface area contributed by atoms with E-state index in [1.54, 1.807) is 0 Å². The number of hydrogen-bond acceptors (Lipinski definition) is 1. The summed E-state index contributed by atoms with van der Waals surface area (Å²) in [5.41, 5.74) is 2.39. The molecule has 0 aliphatic heterocycles. The number of aliphatic hydroxyl groups excluding tert-OH is 1. The second-order valence-electron chi connectivity index (χ2n) is 8.85. The molecular weight excluding hydrogens is 256 g/mol. The minimum Gasteiger partial charge on any atom is -0.512 e. The van der Waals surface area contributed by atoms with E-state index in [4.69, 9.17) is 0 Å². The zero-order valence-corrected chi connectivity index (χ0v) is 13.9. The van der Waals surface area contributed by atoms with Crippen molar-refractivity contribution in [3.05, 3.63) is 23.5 Å². The quantitative estimate of drug-likeness (QED) is 0.611. The number of allylic oxidation sites excluding steroid dienone is 4. The van der Waals surface area contributed by atoms with Crippen molar-refractivity contribution in [3.63, 3.8) is 0 Å². The Morgan fingerprint density at radius 2 is 1.90 bits per heavy atom. The van der Waals surface area contributed by atoms with Crippen LogP contribution in [0, 0.1) is 34.5 Å². The highest BCUT2D eigenvalue weighted by molar-refractivity contribution is 5.35. The van der Waals surface area contributed by atoms with Crippen LogP contribution < -0.4 is 0 Å². The molecule has 1 heteroatoms. The van der Waals surface area contributed by atoms with E-state index in [9.17, 15) is 5.11 Å². The van der Waals surface area contributed by atoms with Gasteiger partial charge in [-0.25, -0.2) is 0 Å². The van der Waals surface area contributed by atoms with E-state index >= 15 is 0 Å². The van der Waals surface area contributed by atoms with Crippen LogP contribution in [0.25, 0.3) is 0 Å². The molecule has 3 unspecified atom stereocenters. The van der Waals surface area contributed by atoms with Crippen molar-refractivity contribution in [2.24, 2.45) is 34.5 Å². The fraction of sp³-hybridized carbons (Fsp3) is 0.800. The molecule has 2 saturated carbocycles. The van der Waals surface area contributed by atoms with Crippen LogP contribution in [0.1, 0.15) is 65.7 Å². The van der Waals surface area contributed by atoms with Crippen LogP contribution in [-0.2, 0) is 0 Å². The van der Waals surface area contributed by atoms with Crippen LogP contribution in [0.15, 0.2) is 23.5 Å². The fourth-order valence-corrected chi connectivity index (χ4v) is 6.57. The highest BCUT2D eigenvalue weighted by Crippen LogP contribution is 2.65. The second kappa shape index (κ2) is 4.40. The van der Waals surface area contributed by atoms with Crippen molar-refractivity contribution < 1.29 is 5.11 Å². The minimum absolute atomic E-state index is 0.336. The lowest BCUT2D eigenvalue weighted by Gasteiger charge is -2.56. The van der Waals surface area contributed by atoms with Crippen molar-refractivity contribution in [2.45, 2.75) is 65.7 Å². The molecule has 21 heavy (non-hydrogen) atoms. The van der Waals surface area contributed by atoms with Gasteiger partial charge in [-0.15, -0.1) is 0 Å². The van der Waals surface area contributed by atoms with Gasteiger partial charge >= 0.3 is 0 Å². The lowest BCUT2D eigenvalue weighted by molar-refractivity contribution is -0.0340. The molecule has 2 fully saturated rings. The molecule has 4 aliphatic carbocycles. The molecule has 1 nitrogen and oxygen atoms in total. The number of hydrogen-bond donors (Lipinski definition) is 1. The first kappa shape index (κ1) is 13.9. The minimum atomic E-state index is 0.336. The van der Waals surface area contributed by atoms with Crippen LogP contribution >= 0.6 is 0 Å². The Hall–Kier alpha value is -0.720. The predicted molar refractivity (Wildman–Crippen MR) is 87.0 cm³/mol. The Morgan fingerprint density at radius 1 is 1.10 bits per heavy atom. The maximum absolute atomic E-state index is 9.90. The molecule has 4 aliphatic rings. The molecule has 0 aromatic rings. The van der Waals surface area contributed by atoms with Crippen LogP contribution in [0.5, 0.6) is 0 Å². The zero-order chi connectivity index (χ0) is 14.8. The van der Waals surface area contributed by atoms with Crippen molar-refractivity contribution in [1.82, 2.24) is 0 Å². The fourth-order valence-electron chi connectivity index (χ4n) is 6.57. The molecule has 0 radical (unpaired) electrons. The third-order valence-corrected chi connectivity index (χ3v) is 8.22. The summed E-state index contributed by atoms with van der Waals surface area (Å²) in [6.07, 6.45) is 13.6. The highest BCUT2D eigenvalue weighted by Gasteiger charge is 2.57. The Morgan fingerprint density at radius 3 is 2.71 bits per heavy atom. The average molecular weight is 286 g/mol. The highest BCUT2D eigenvalue weighted by atomic mass is 16.3. The van der Waals surface area contributed by atoms with Gasteiger partial charge in [0.2, 0.25) is 0 Å². The summed E-state index contributed by atoms with van der Waals surface area (Å²) in [5, 5.41) is 9.90. The molecule has 116 valence electrons. The summed E-state index contributed by atoms with van der Waals surface area (Å²) in [6, 6.07) is 0. The van der Waals surface area contributed by atoms with Gasteiger partial charge in [-0.3, -0.25) is 0 Å². The molecule has 0 aromatic heterocycles. The molecule has 0 saturated heterocycles. The maximum atomic E-state index is 9.90. The van der Waals surface area contributed by atoms with Gasteiger partial charge in [0.1, 0.15) is 0 Å². The molecule has 0 amide bonds. The van der Waals surface area contributed by atoms with E-state index in [0.29, 0.717) is 16.6 Å². The van der Waals surface area contributed by atoms with E-state index in [-0.39, 0.29) is 0 Å². The van der Waals surface area contributed by atoms with Crippen molar-refractivity contribution in [3.8, 4) is 0 Å². The molecule has 0 heterocycles. The average Bonchev–Trinajstić information content (AvgIpc) is 2.76. The van der Waals surface area contributed by atoms with E-state index < -0.39 is 0 Å². The normalized spacial score (nSPS) is 52.3.